The first-order valence-electron chi connectivity index (χ1n) is 29.9. The number of fused-ring (bicyclic) bond motifs is 12. The molecule has 15 rings (SSSR count). The summed E-state index contributed by atoms with van der Waals surface area (Å²) in [5.74, 6) is 0. The largest absolute Gasteiger partial charge is 0.309 e. The second-order valence-corrected chi connectivity index (χ2v) is 26.8. The van der Waals surface area contributed by atoms with Crippen LogP contribution in [0.15, 0.2) is 224 Å². The zero-order chi connectivity index (χ0) is 57.7. The maximum absolute atomic E-state index is 2.58. The molecule has 11 aromatic carbocycles. The minimum Gasteiger partial charge on any atom is -0.309 e. The van der Waals surface area contributed by atoms with Crippen LogP contribution in [-0.2, 0) is 16.2 Å². The number of aromatic nitrogens is 2. The summed E-state index contributed by atoms with van der Waals surface area (Å²) in [4.78, 5) is 5.12. The molecule has 0 aliphatic carbocycles. The van der Waals surface area contributed by atoms with Gasteiger partial charge in [-0.05, 0) is 142 Å². The van der Waals surface area contributed by atoms with Gasteiger partial charge < -0.3 is 18.6 Å². The second-order valence-electron chi connectivity index (χ2n) is 26.8. The normalized spacial score (nSPS) is 12.7. The van der Waals surface area contributed by atoms with Crippen LogP contribution in [0.4, 0.5) is 34.1 Å². The van der Waals surface area contributed by atoms with Gasteiger partial charge in [0.25, 0.3) is 0 Å². The lowest BCUT2D eigenvalue weighted by Gasteiger charge is -2.31. The summed E-state index contributed by atoms with van der Waals surface area (Å²) < 4.78 is 5.16. The van der Waals surface area contributed by atoms with Crippen LogP contribution < -0.4 is 9.80 Å². The van der Waals surface area contributed by atoms with Crippen LogP contribution in [0.5, 0.6) is 0 Å². The van der Waals surface area contributed by atoms with Crippen LogP contribution in [-0.4, -0.2) is 8.80 Å². The van der Waals surface area contributed by atoms with Crippen molar-refractivity contribution >= 4 is 110 Å². The second kappa shape index (κ2) is 18.6. The molecule has 0 unspecified atom stereocenters. The summed E-state index contributed by atoms with van der Waals surface area (Å²) in [5, 5.41) is 9.95. The van der Waals surface area contributed by atoms with Gasteiger partial charge in [0.2, 0.25) is 0 Å². The number of rotatable bonds is 8. The number of anilines is 6. The van der Waals surface area contributed by atoms with E-state index in [0.717, 1.165) is 28.4 Å². The van der Waals surface area contributed by atoms with Crippen molar-refractivity contribution in [3.8, 4) is 22.3 Å². The van der Waals surface area contributed by atoms with Crippen molar-refractivity contribution in [1.82, 2.24) is 8.80 Å². The molecule has 0 bridgehead atoms. The minimum absolute atomic E-state index is 0.0359. The van der Waals surface area contributed by atoms with E-state index >= 15 is 0 Å². The third-order valence-electron chi connectivity index (χ3n) is 18.2. The van der Waals surface area contributed by atoms with Gasteiger partial charge >= 0.3 is 0 Å². The van der Waals surface area contributed by atoms with E-state index in [2.05, 4.69) is 319 Å². The fourth-order valence-corrected chi connectivity index (χ4v) is 13.9. The van der Waals surface area contributed by atoms with E-state index < -0.39 is 0 Å². The van der Waals surface area contributed by atoms with Gasteiger partial charge in [-0.25, -0.2) is 0 Å². The first-order valence-corrected chi connectivity index (χ1v) is 29.9. The summed E-state index contributed by atoms with van der Waals surface area (Å²) >= 11 is 0. The van der Waals surface area contributed by atoms with Crippen LogP contribution in [0.3, 0.4) is 0 Å². The Morgan fingerprint density at radius 1 is 0.298 bits per heavy atom. The SMILES string of the molecule is Cc1ccc(N(c2ccc(C(C)(C)C)cc2-c2ccccc2)c2ccc3c4cc5c(cc4n4c6ccccc6c2c34)c2ccc(N(c3cccc(C(C)(C)C)c3)c3ccc(C(C)(C)C)cc3-c3ccccc3)c3c4ccccc4n5c23)c(C)c1. The summed E-state index contributed by atoms with van der Waals surface area (Å²) in [6, 6.07) is 85.3. The van der Waals surface area contributed by atoms with Crippen molar-refractivity contribution < 1.29 is 0 Å². The highest BCUT2D eigenvalue weighted by atomic mass is 15.2. The van der Waals surface area contributed by atoms with Gasteiger partial charge in [-0.15, -0.1) is 0 Å². The number of para-hydroxylation sites is 2. The van der Waals surface area contributed by atoms with Gasteiger partial charge in [-0.2, -0.15) is 0 Å². The van der Waals surface area contributed by atoms with Crippen molar-refractivity contribution in [2.45, 2.75) is 92.4 Å². The lowest BCUT2D eigenvalue weighted by molar-refractivity contribution is 0.590. The molecule has 0 spiro atoms. The molecule has 4 heterocycles. The molecule has 0 N–H and O–H groups in total. The molecular weight excluding hydrogens is 1020 g/mol. The number of benzene rings is 11. The summed E-state index contributed by atoms with van der Waals surface area (Å²) in [6.07, 6.45) is 0. The number of hydrogen-bond donors (Lipinski definition) is 0. The van der Waals surface area contributed by atoms with Crippen LogP contribution >= 0.6 is 0 Å². The molecule has 0 saturated heterocycles. The first-order chi connectivity index (χ1) is 40.4. The van der Waals surface area contributed by atoms with Gasteiger partial charge in [0, 0.05) is 65.6 Å². The Balaban J connectivity index is 1.01. The maximum Gasteiger partial charge on any atom is 0.0641 e. The molecule has 0 saturated carbocycles. The fourth-order valence-electron chi connectivity index (χ4n) is 13.9. The van der Waals surface area contributed by atoms with Crippen molar-refractivity contribution in [3.05, 3.63) is 252 Å². The molecule has 0 aliphatic rings. The molecule has 4 nitrogen and oxygen atoms in total. The smallest absolute Gasteiger partial charge is 0.0641 e. The Bertz CT molecular complexity index is 5090. The standard InChI is InChI=1S/C80H70N4/c1-49-33-38-65(50(2)43-49)82(69-40-35-55(80(9,10)11)46-62(69)52-25-16-13-17-26-52)71-42-37-58-64-48-72-63(47-73(64)84-67-32-21-19-30-60(67)75(71)77(58)84)57-36-41-70(74-59-29-18-20-31-66(59)83(72)76(57)74)81(56-28-22-27-53(44-56)78(3,4)5)68-39-34-54(79(6,7)8)45-61(68)51-23-14-12-15-24-51/h12-48H,1-11H3. The third-order valence-corrected chi connectivity index (χ3v) is 18.2. The highest BCUT2D eigenvalue weighted by Crippen LogP contribution is 2.54. The van der Waals surface area contributed by atoms with Crippen LogP contribution in [0.25, 0.3) is 98.4 Å². The molecule has 0 atom stereocenters. The van der Waals surface area contributed by atoms with E-state index in [4.69, 9.17) is 0 Å². The molecule has 15 aromatic rings. The zero-order valence-electron chi connectivity index (χ0n) is 50.2. The molecule has 4 aromatic heterocycles. The lowest BCUT2D eigenvalue weighted by atomic mass is 9.84. The van der Waals surface area contributed by atoms with Crippen molar-refractivity contribution in [1.29, 1.82) is 0 Å². The fraction of sp³-hybridized carbons (Fsp3) is 0.175. The molecule has 0 fully saturated rings. The number of aryl methyl sites for hydroxylation is 2. The van der Waals surface area contributed by atoms with E-state index in [0.29, 0.717) is 0 Å². The van der Waals surface area contributed by atoms with Gasteiger partial charge in [0.15, 0.2) is 0 Å². The Morgan fingerprint density at radius 2 is 0.726 bits per heavy atom. The highest BCUT2D eigenvalue weighted by Gasteiger charge is 2.31. The van der Waals surface area contributed by atoms with Crippen molar-refractivity contribution in [2.75, 3.05) is 9.80 Å². The van der Waals surface area contributed by atoms with Crippen molar-refractivity contribution in [3.63, 3.8) is 0 Å². The first kappa shape index (κ1) is 51.5. The molecule has 410 valence electrons. The highest BCUT2D eigenvalue weighted by molar-refractivity contribution is 6.32. The predicted molar refractivity (Wildman–Crippen MR) is 362 cm³/mol. The monoisotopic (exact) mass is 1090 g/mol. The third kappa shape index (κ3) is 7.87. The Hall–Kier alpha value is -9.38. The van der Waals surface area contributed by atoms with Crippen molar-refractivity contribution in [2.24, 2.45) is 0 Å². The summed E-state index contributed by atoms with van der Waals surface area (Å²) in [7, 11) is 0. The Morgan fingerprint density at radius 3 is 1.21 bits per heavy atom. The minimum atomic E-state index is -0.0548. The molecule has 0 amide bonds. The molecular formula is C80H70N4. The lowest BCUT2D eigenvalue weighted by Crippen LogP contribution is -2.16. The van der Waals surface area contributed by atoms with E-state index in [9.17, 15) is 0 Å². The average molecular weight is 1090 g/mol. The molecule has 0 aliphatic heterocycles. The van der Waals surface area contributed by atoms with Crippen LogP contribution in [0, 0.1) is 13.8 Å². The van der Waals surface area contributed by atoms with Crippen LogP contribution in [0.2, 0.25) is 0 Å². The predicted octanol–water partition coefficient (Wildman–Crippen LogP) is 22.8. The maximum atomic E-state index is 2.58. The Labute approximate surface area is 493 Å². The van der Waals surface area contributed by atoms with Gasteiger partial charge in [-0.1, -0.05) is 213 Å². The van der Waals surface area contributed by atoms with E-state index in [1.807, 2.05) is 0 Å². The molecule has 4 heteroatoms. The van der Waals surface area contributed by atoms with Crippen LogP contribution in [0.1, 0.15) is 90.1 Å². The number of hydrogen-bond acceptors (Lipinski definition) is 2. The average Bonchev–Trinajstić information content (AvgIpc) is 1.93. The van der Waals surface area contributed by atoms with E-state index in [1.165, 1.54) is 132 Å². The zero-order valence-corrected chi connectivity index (χ0v) is 50.2. The number of nitrogens with zero attached hydrogens (tertiary/aromatic N) is 4. The van der Waals surface area contributed by atoms with Gasteiger partial charge in [0.1, 0.15) is 0 Å². The van der Waals surface area contributed by atoms with Gasteiger partial charge in [-0.3, -0.25) is 0 Å². The van der Waals surface area contributed by atoms with Gasteiger partial charge in [0.05, 0.1) is 55.8 Å². The summed E-state index contributed by atoms with van der Waals surface area (Å²) in [6.45, 7) is 25.3. The molecule has 84 heavy (non-hydrogen) atoms. The van der Waals surface area contributed by atoms with E-state index in [-0.39, 0.29) is 16.2 Å². The summed E-state index contributed by atoms with van der Waals surface area (Å²) in [5.41, 5.74) is 25.3. The quantitative estimate of drug-likeness (QED) is 0.151. The van der Waals surface area contributed by atoms with E-state index in [1.54, 1.807) is 0 Å². The topological polar surface area (TPSA) is 15.3 Å². The Kier molecular flexibility index (Phi) is 11.4. The molecule has 0 radical (unpaired) electrons.